The Labute approximate surface area is 150 Å². The molecule has 2 heterocycles. The Kier molecular flexibility index (Phi) is 5.04. The number of aryl methyl sites for hydroxylation is 3. The van der Waals surface area contributed by atoms with Crippen LogP contribution < -0.4 is 10.6 Å². The minimum atomic E-state index is -0.159. The zero-order valence-corrected chi connectivity index (χ0v) is 15.1. The van der Waals surface area contributed by atoms with Crippen molar-refractivity contribution in [3.8, 4) is 0 Å². The normalized spacial score (nSPS) is 10.5. The Morgan fingerprint density at radius 3 is 2.72 bits per heavy atom. The van der Waals surface area contributed by atoms with Crippen LogP contribution in [0.3, 0.4) is 0 Å². The molecule has 0 spiro atoms. The highest BCUT2D eigenvalue weighted by atomic mass is 32.1. The molecule has 0 atom stereocenters. The van der Waals surface area contributed by atoms with Gasteiger partial charge in [0, 0.05) is 11.4 Å². The van der Waals surface area contributed by atoms with Crippen molar-refractivity contribution in [2.45, 2.75) is 27.3 Å². The molecule has 2 N–H and O–H groups in total. The average molecular weight is 353 g/mol. The lowest BCUT2D eigenvalue weighted by molar-refractivity contribution is 0.103. The third-order valence-electron chi connectivity index (χ3n) is 3.56. The Hall–Kier alpha value is -2.80. The Morgan fingerprint density at radius 2 is 1.96 bits per heavy atom. The van der Waals surface area contributed by atoms with E-state index < -0.39 is 0 Å². The standard InChI is InChI=1S/C18H19N5OS/c1-11-6-4-5-7-15(11)23-17(24)16-10-20-18(25-16)19-9-14-8-12(2)21-13(3)22-14/h4-8,10H,9H2,1-3H3,(H,19,20)(H,23,24). The summed E-state index contributed by atoms with van der Waals surface area (Å²) < 4.78 is 0. The second kappa shape index (κ2) is 7.40. The lowest BCUT2D eigenvalue weighted by Crippen LogP contribution is -2.10. The maximum absolute atomic E-state index is 12.4. The first-order valence-electron chi connectivity index (χ1n) is 7.89. The summed E-state index contributed by atoms with van der Waals surface area (Å²) in [6.45, 7) is 6.31. The number of carbonyl (C=O) groups is 1. The van der Waals surface area contributed by atoms with E-state index in [2.05, 4.69) is 25.6 Å². The van der Waals surface area contributed by atoms with Gasteiger partial charge in [0.05, 0.1) is 18.4 Å². The molecule has 0 aliphatic rings. The number of nitrogens with one attached hydrogen (secondary N) is 2. The lowest BCUT2D eigenvalue weighted by atomic mass is 10.2. The van der Waals surface area contributed by atoms with E-state index in [1.807, 2.05) is 51.1 Å². The monoisotopic (exact) mass is 353 g/mol. The molecule has 0 radical (unpaired) electrons. The predicted molar refractivity (Wildman–Crippen MR) is 100 cm³/mol. The van der Waals surface area contributed by atoms with Crippen molar-refractivity contribution in [1.29, 1.82) is 0 Å². The van der Waals surface area contributed by atoms with E-state index in [0.717, 1.165) is 28.5 Å². The van der Waals surface area contributed by atoms with Gasteiger partial charge in [-0.15, -0.1) is 0 Å². The van der Waals surface area contributed by atoms with Crippen LogP contribution in [0.15, 0.2) is 36.5 Å². The van der Waals surface area contributed by atoms with Crippen LogP contribution in [0.1, 0.15) is 32.4 Å². The Balaban J connectivity index is 1.64. The zero-order valence-electron chi connectivity index (χ0n) is 14.3. The zero-order chi connectivity index (χ0) is 17.8. The number of aromatic nitrogens is 3. The quantitative estimate of drug-likeness (QED) is 0.731. The molecule has 3 aromatic rings. The molecule has 3 rings (SSSR count). The van der Waals surface area contributed by atoms with Gasteiger partial charge in [0.1, 0.15) is 10.7 Å². The van der Waals surface area contributed by atoms with E-state index in [9.17, 15) is 4.79 Å². The largest absolute Gasteiger partial charge is 0.356 e. The molecule has 25 heavy (non-hydrogen) atoms. The minimum absolute atomic E-state index is 0.159. The highest BCUT2D eigenvalue weighted by Crippen LogP contribution is 2.21. The van der Waals surface area contributed by atoms with Crippen LogP contribution in [0.4, 0.5) is 10.8 Å². The molecule has 0 aliphatic heterocycles. The van der Waals surface area contributed by atoms with Crippen molar-refractivity contribution < 1.29 is 4.79 Å². The van der Waals surface area contributed by atoms with Crippen molar-refractivity contribution in [3.05, 3.63) is 64.2 Å². The lowest BCUT2D eigenvalue weighted by Gasteiger charge is -2.06. The van der Waals surface area contributed by atoms with Crippen molar-refractivity contribution in [2.24, 2.45) is 0 Å². The fraction of sp³-hybridized carbons (Fsp3) is 0.222. The molecule has 0 saturated carbocycles. The summed E-state index contributed by atoms with van der Waals surface area (Å²) in [5.74, 6) is 0.586. The molecule has 6 nitrogen and oxygen atoms in total. The number of anilines is 2. The van der Waals surface area contributed by atoms with Gasteiger partial charge in [-0.2, -0.15) is 0 Å². The van der Waals surface area contributed by atoms with E-state index >= 15 is 0 Å². The fourth-order valence-electron chi connectivity index (χ4n) is 2.41. The van der Waals surface area contributed by atoms with Crippen LogP contribution in [0.5, 0.6) is 0 Å². The number of thiazole rings is 1. The highest BCUT2D eigenvalue weighted by molar-refractivity contribution is 7.17. The van der Waals surface area contributed by atoms with Crippen molar-refractivity contribution in [2.75, 3.05) is 10.6 Å². The molecule has 0 aliphatic carbocycles. The van der Waals surface area contributed by atoms with Gasteiger partial charge in [0.25, 0.3) is 5.91 Å². The van der Waals surface area contributed by atoms with Crippen molar-refractivity contribution in [3.63, 3.8) is 0 Å². The molecule has 2 aromatic heterocycles. The first kappa shape index (κ1) is 17.0. The molecule has 128 valence electrons. The van der Waals surface area contributed by atoms with Crippen LogP contribution in [-0.4, -0.2) is 20.9 Å². The van der Waals surface area contributed by atoms with E-state index in [-0.39, 0.29) is 5.91 Å². The van der Waals surface area contributed by atoms with E-state index in [4.69, 9.17) is 0 Å². The van der Waals surface area contributed by atoms with Crippen LogP contribution in [-0.2, 0) is 6.54 Å². The van der Waals surface area contributed by atoms with Gasteiger partial charge in [-0.1, -0.05) is 29.5 Å². The van der Waals surface area contributed by atoms with Crippen LogP contribution in [0.2, 0.25) is 0 Å². The van der Waals surface area contributed by atoms with Gasteiger partial charge < -0.3 is 10.6 Å². The fourth-order valence-corrected chi connectivity index (χ4v) is 3.12. The second-order valence-corrected chi connectivity index (χ2v) is 6.73. The molecular weight excluding hydrogens is 334 g/mol. The summed E-state index contributed by atoms with van der Waals surface area (Å²) in [4.78, 5) is 25.8. The number of hydrogen-bond acceptors (Lipinski definition) is 6. The van der Waals surface area contributed by atoms with Crippen molar-refractivity contribution in [1.82, 2.24) is 15.0 Å². The maximum atomic E-state index is 12.4. The molecule has 0 unspecified atom stereocenters. The number of benzene rings is 1. The third kappa shape index (κ3) is 4.39. The number of para-hydroxylation sites is 1. The summed E-state index contributed by atoms with van der Waals surface area (Å²) in [5.41, 5.74) is 3.66. The Morgan fingerprint density at radius 1 is 1.16 bits per heavy atom. The van der Waals surface area contributed by atoms with Gasteiger partial charge in [-0.05, 0) is 38.5 Å². The van der Waals surface area contributed by atoms with E-state index in [1.165, 1.54) is 11.3 Å². The van der Waals surface area contributed by atoms with E-state index in [0.29, 0.717) is 16.6 Å². The van der Waals surface area contributed by atoms with E-state index in [1.54, 1.807) is 6.20 Å². The highest BCUT2D eigenvalue weighted by Gasteiger charge is 2.12. The molecule has 7 heteroatoms. The van der Waals surface area contributed by atoms with Gasteiger partial charge in [-0.25, -0.2) is 15.0 Å². The minimum Gasteiger partial charge on any atom is -0.356 e. The maximum Gasteiger partial charge on any atom is 0.267 e. The number of hydrogen-bond donors (Lipinski definition) is 2. The topological polar surface area (TPSA) is 79.8 Å². The van der Waals surface area contributed by atoms with Gasteiger partial charge in [0.15, 0.2) is 5.13 Å². The summed E-state index contributed by atoms with van der Waals surface area (Å²) >= 11 is 1.32. The summed E-state index contributed by atoms with van der Waals surface area (Å²) in [6, 6.07) is 9.61. The van der Waals surface area contributed by atoms with Gasteiger partial charge >= 0.3 is 0 Å². The summed E-state index contributed by atoms with van der Waals surface area (Å²) in [6.07, 6.45) is 1.58. The Bertz CT molecular complexity index is 886. The molecule has 1 aromatic carbocycles. The molecular formula is C18H19N5OS. The van der Waals surface area contributed by atoms with Crippen LogP contribution in [0, 0.1) is 20.8 Å². The number of rotatable bonds is 5. The number of amides is 1. The smallest absolute Gasteiger partial charge is 0.267 e. The molecule has 0 bridgehead atoms. The first-order valence-corrected chi connectivity index (χ1v) is 8.71. The molecule has 1 amide bonds. The predicted octanol–water partition coefficient (Wildman–Crippen LogP) is 3.72. The van der Waals surface area contributed by atoms with Crippen molar-refractivity contribution >= 4 is 28.1 Å². The summed E-state index contributed by atoms with van der Waals surface area (Å²) in [7, 11) is 0. The van der Waals surface area contributed by atoms with Gasteiger partial charge in [0.2, 0.25) is 0 Å². The number of nitrogens with zero attached hydrogens (tertiary/aromatic N) is 3. The summed E-state index contributed by atoms with van der Waals surface area (Å²) in [5, 5.41) is 6.80. The van der Waals surface area contributed by atoms with Crippen LogP contribution in [0.25, 0.3) is 0 Å². The number of carbonyl (C=O) groups excluding carboxylic acids is 1. The molecule has 0 fully saturated rings. The van der Waals surface area contributed by atoms with Gasteiger partial charge in [-0.3, -0.25) is 4.79 Å². The first-order chi connectivity index (χ1) is 12.0. The van der Waals surface area contributed by atoms with Crippen LogP contribution >= 0.6 is 11.3 Å². The second-order valence-electron chi connectivity index (χ2n) is 5.70. The SMILES string of the molecule is Cc1cc(CNc2ncc(C(=O)Nc3ccccc3C)s2)nc(C)n1. The third-order valence-corrected chi connectivity index (χ3v) is 4.52. The molecule has 0 saturated heterocycles. The average Bonchev–Trinajstić information content (AvgIpc) is 3.03.